The molecule has 174 valence electrons. The van der Waals surface area contributed by atoms with Crippen LogP contribution in [0.5, 0.6) is 0 Å². The standard InChI is InChI=1S/C27H27N5O.ClH/c28-27(12-4-13-27)21-9-7-19(8-10-21)24-23(18-5-2-1-3-6-18)15-20-16-29-26(31-25(20)30-24)32-14-11-22(33)17-32;/h1-3,5-10,15-16,22,33H,4,11-14,17,28H2;1H. The number of β-amino-alcohol motifs (C(OH)–C–C–N with tert-alkyl or cyclic N) is 1. The predicted molar refractivity (Wildman–Crippen MR) is 129 cm³/mol. The van der Waals surface area contributed by atoms with Gasteiger partial charge in [-0.25, -0.2) is 9.97 Å². The molecular formula is C27H28ClN5O. The van der Waals surface area contributed by atoms with E-state index in [-0.39, 0.29) is 24.0 Å². The number of anilines is 1. The van der Waals surface area contributed by atoms with Gasteiger partial charge in [-0.15, -0.1) is 0 Å². The minimum absolute atomic E-state index is 0. The Bertz CT molecular complexity index is 1310. The molecule has 1 unspecified atom stereocenters. The van der Waals surface area contributed by atoms with Gasteiger partial charge in [0.25, 0.3) is 0 Å². The molecule has 2 fully saturated rings. The molecule has 6 nitrogen and oxygen atoms in total. The zero-order valence-electron chi connectivity index (χ0n) is 19.0. The van der Waals surface area contributed by atoms with Crippen molar-refractivity contribution >= 4 is 17.0 Å². The number of fused-ring (bicyclic) bond motifs is 1. The molecule has 2 aliphatic rings. The second kappa shape index (κ2) is 8.95. The second-order valence-electron chi connectivity index (χ2n) is 9.43. The summed E-state index contributed by atoms with van der Waals surface area (Å²) in [4.78, 5) is 16.4. The van der Waals surface area contributed by atoms with Crippen molar-refractivity contribution in [3.8, 4) is 22.4 Å². The van der Waals surface area contributed by atoms with Crippen LogP contribution in [0, 0.1) is 0 Å². The smallest absolute Gasteiger partial charge is 0.227 e. The maximum atomic E-state index is 9.91. The number of aliphatic hydroxyl groups is 1. The first-order valence-corrected chi connectivity index (χ1v) is 11.7. The largest absolute Gasteiger partial charge is 1.00 e. The number of rotatable bonds is 4. The Kier molecular flexibility index (Phi) is 5.98. The number of aliphatic hydroxyl groups excluding tert-OH is 1. The lowest BCUT2D eigenvalue weighted by molar-refractivity contribution is -0.509. The van der Waals surface area contributed by atoms with Crippen LogP contribution in [0.4, 0.5) is 5.95 Å². The fraction of sp³-hybridized carbons (Fsp3) is 0.296. The molecule has 2 aromatic carbocycles. The normalized spacial score (nSPS) is 19.0. The minimum atomic E-state index is -0.321. The Morgan fingerprint density at radius 1 is 0.971 bits per heavy atom. The highest BCUT2D eigenvalue weighted by Gasteiger charge is 2.38. The van der Waals surface area contributed by atoms with Gasteiger partial charge >= 0.3 is 0 Å². The fourth-order valence-electron chi connectivity index (χ4n) is 4.96. The first-order chi connectivity index (χ1) is 16.1. The molecular weight excluding hydrogens is 446 g/mol. The lowest BCUT2D eigenvalue weighted by Gasteiger charge is -2.34. The Morgan fingerprint density at radius 3 is 2.38 bits per heavy atom. The Hall–Kier alpha value is -3.06. The van der Waals surface area contributed by atoms with Crippen molar-refractivity contribution in [2.24, 2.45) is 0 Å². The van der Waals surface area contributed by atoms with Gasteiger partial charge in [-0.1, -0.05) is 54.6 Å². The number of benzene rings is 2. The van der Waals surface area contributed by atoms with E-state index in [1.165, 1.54) is 12.0 Å². The van der Waals surface area contributed by atoms with Crippen LogP contribution in [0.3, 0.4) is 0 Å². The summed E-state index contributed by atoms with van der Waals surface area (Å²) in [5.74, 6) is 0.629. The molecule has 1 atom stereocenters. The number of aromatic nitrogens is 3. The van der Waals surface area contributed by atoms with E-state index in [0.717, 1.165) is 53.6 Å². The Balaban J connectivity index is 0.00000241. The van der Waals surface area contributed by atoms with Gasteiger partial charge in [0.2, 0.25) is 5.95 Å². The van der Waals surface area contributed by atoms with Gasteiger partial charge in [0.15, 0.2) is 5.65 Å². The highest BCUT2D eigenvalue weighted by molar-refractivity contribution is 5.90. The van der Waals surface area contributed by atoms with E-state index in [1.54, 1.807) is 0 Å². The molecule has 0 bridgehead atoms. The molecule has 0 radical (unpaired) electrons. The van der Waals surface area contributed by atoms with Gasteiger partial charge in [0.05, 0.1) is 11.8 Å². The molecule has 1 saturated heterocycles. The van der Waals surface area contributed by atoms with Crippen molar-refractivity contribution in [3.05, 3.63) is 72.4 Å². The van der Waals surface area contributed by atoms with Crippen molar-refractivity contribution in [2.45, 2.75) is 37.3 Å². The number of quaternary nitrogens is 1. The summed E-state index contributed by atoms with van der Waals surface area (Å²) in [7, 11) is 0. The van der Waals surface area contributed by atoms with Gasteiger partial charge in [0, 0.05) is 54.2 Å². The van der Waals surface area contributed by atoms with E-state index in [1.807, 2.05) is 29.3 Å². The van der Waals surface area contributed by atoms with Gasteiger partial charge in [-0.2, -0.15) is 4.98 Å². The van der Waals surface area contributed by atoms with E-state index in [0.29, 0.717) is 18.1 Å². The molecule has 6 rings (SSSR count). The highest BCUT2D eigenvalue weighted by atomic mass is 35.5. The van der Waals surface area contributed by atoms with E-state index in [9.17, 15) is 5.11 Å². The number of halogens is 1. The highest BCUT2D eigenvalue weighted by Crippen LogP contribution is 2.38. The SMILES string of the molecule is [Cl-].[NH3+]C1(c2ccc(-c3nc4nc(N5CCC(O)C5)ncc4cc3-c3ccccc3)cc2)CCC1. The van der Waals surface area contributed by atoms with E-state index in [4.69, 9.17) is 9.97 Å². The minimum Gasteiger partial charge on any atom is -1.00 e. The number of nitrogens with zero attached hydrogens (tertiary/aromatic N) is 4. The summed E-state index contributed by atoms with van der Waals surface area (Å²) in [5.41, 5.74) is 10.7. The van der Waals surface area contributed by atoms with Crippen molar-refractivity contribution in [2.75, 3.05) is 18.0 Å². The Morgan fingerprint density at radius 2 is 1.74 bits per heavy atom. The number of hydrogen-bond acceptors (Lipinski definition) is 5. The van der Waals surface area contributed by atoms with Crippen molar-refractivity contribution in [3.63, 3.8) is 0 Å². The number of pyridine rings is 1. The molecule has 1 saturated carbocycles. The summed E-state index contributed by atoms with van der Waals surface area (Å²) in [6.45, 7) is 1.32. The molecule has 7 heteroatoms. The van der Waals surface area contributed by atoms with Crippen LogP contribution in [-0.4, -0.2) is 39.3 Å². The Labute approximate surface area is 205 Å². The third kappa shape index (κ3) is 4.02. The third-order valence-electron chi connectivity index (χ3n) is 7.17. The quantitative estimate of drug-likeness (QED) is 0.452. The molecule has 2 aromatic heterocycles. The van der Waals surface area contributed by atoms with Gasteiger partial charge in [-0.05, 0) is 24.5 Å². The second-order valence-corrected chi connectivity index (χ2v) is 9.43. The van der Waals surface area contributed by atoms with E-state index < -0.39 is 0 Å². The lowest BCUT2D eigenvalue weighted by Crippen LogP contribution is -3.00. The molecule has 4 aromatic rings. The molecule has 1 aliphatic heterocycles. The summed E-state index contributed by atoms with van der Waals surface area (Å²) >= 11 is 0. The van der Waals surface area contributed by atoms with Crippen LogP contribution >= 0.6 is 0 Å². The van der Waals surface area contributed by atoms with Gasteiger partial charge < -0.3 is 28.1 Å². The molecule has 4 N–H and O–H groups in total. The van der Waals surface area contributed by atoms with Crippen LogP contribution in [0.25, 0.3) is 33.4 Å². The molecule has 1 aliphatic carbocycles. The van der Waals surface area contributed by atoms with Gasteiger partial charge in [0.1, 0.15) is 5.54 Å². The van der Waals surface area contributed by atoms with Crippen LogP contribution in [0.15, 0.2) is 66.9 Å². The van der Waals surface area contributed by atoms with Crippen LogP contribution in [0.2, 0.25) is 0 Å². The zero-order valence-corrected chi connectivity index (χ0v) is 19.7. The van der Waals surface area contributed by atoms with Crippen LogP contribution in [-0.2, 0) is 5.54 Å². The van der Waals surface area contributed by atoms with Crippen LogP contribution in [0.1, 0.15) is 31.2 Å². The lowest BCUT2D eigenvalue weighted by atomic mass is 9.72. The average Bonchev–Trinajstić information content (AvgIpc) is 3.28. The van der Waals surface area contributed by atoms with Crippen LogP contribution < -0.4 is 23.0 Å². The zero-order chi connectivity index (χ0) is 22.4. The van der Waals surface area contributed by atoms with Gasteiger partial charge in [-0.3, -0.25) is 0 Å². The summed E-state index contributed by atoms with van der Waals surface area (Å²) in [6, 6.07) is 21.2. The third-order valence-corrected chi connectivity index (χ3v) is 7.17. The molecule has 34 heavy (non-hydrogen) atoms. The summed E-state index contributed by atoms with van der Waals surface area (Å²) < 4.78 is 0. The summed E-state index contributed by atoms with van der Waals surface area (Å²) in [5, 5.41) is 10.8. The maximum Gasteiger partial charge on any atom is 0.227 e. The van der Waals surface area contributed by atoms with Crippen molar-refractivity contribution in [1.82, 2.24) is 15.0 Å². The van der Waals surface area contributed by atoms with Crippen molar-refractivity contribution in [1.29, 1.82) is 0 Å². The first kappa shape index (κ1) is 22.7. The number of hydrogen-bond donors (Lipinski definition) is 2. The topological polar surface area (TPSA) is 89.8 Å². The van der Waals surface area contributed by atoms with E-state index in [2.05, 4.69) is 53.2 Å². The average molecular weight is 474 g/mol. The maximum absolute atomic E-state index is 9.91. The molecule has 3 heterocycles. The monoisotopic (exact) mass is 473 g/mol. The summed E-state index contributed by atoms with van der Waals surface area (Å²) in [6.07, 6.45) is 5.83. The first-order valence-electron chi connectivity index (χ1n) is 11.7. The predicted octanol–water partition coefficient (Wildman–Crippen LogP) is 0.555. The van der Waals surface area contributed by atoms with Crippen molar-refractivity contribution < 1.29 is 23.2 Å². The van der Waals surface area contributed by atoms with E-state index >= 15 is 0 Å². The fourth-order valence-corrected chi connectivity index (χ4v) is 4.96. The molecule has 0 amide bonds. The molecule has 0 spiro atoms.